The van der Waals surface area contributed by atoms with Crippen molar-refractivity contribution in [1.82, 2.24) is 0 Å². The third kappa shape index (κ3) is 17.1. The molecule has 1 N–H and O–H groups in total. The zero-order valence-electron chi connectivity index (χ0n) is 3.37. The van der Waals surface area contributed by atoms with Gasteiger partial charge in [-0.05, 0) is 0 Å². The van der Waals surface area contributed by atoms with Crippen molar-refractivity contribution in [1.29, 1.82) is 5.26 Å². The maximum absolute atomic E-state index is 8.24. The highest BCUT2D eigenvalue weighted by molar-refractivity contribution is 5.34. The summed E-state index contributed by atoms with van der Waals surface area (Å²) < 4.78 is 0. The Hall–Kier alpha value is -1.37. The van der Waals surface area contributed by atoms with Crippen LogP contribution >= 0.6 is 0 Å². The van der Waals surface area contributed by atoms with Crippen LogP contribution in [0.3, 0.4) is 0 Å². The van der Waals surface area contributed by atoms with E-state index in [0.717, 1.165) is 0 Å². The lowest BCUT2D eigenvalue weighted by atomic mass is 11.7. The lowest BCUT2D eigenvalue weighted by molar-refractivity contribution is 0.437. The van der Waals surface area contributed by atoms with Gasteiger partial charge in [0.05, 0.1) is 0 Å². The Labute approximate surface area is 41.0 Å². The molecule has 7 heavy (non-hydrogen) atoms. The highest BCUT2D eigenvalue weighted by Crippen LogP contribution is 0.973. The molecular weight excluding hydrogens is 98.0 g/mol. The number of carbonyl (C=O) groups excluding carboxylic acids is 1. The SMILES string of the molecule is C#N.O=[C]O.[CH]=O. The van der Waals surface area contributed by atoms with Crippen LogP contribution in [0.15, 0.2) is 0 Å². The molecule has 0 atom stereocenters. The second-order valence-electron chi connectivity index (χ2n) is 0.0913. The molecule has 4 nitrogen and oxygen atoms in total. The van der Waals surface area contributed by atoms with Crippen molar-refractivity contribution in [3.63, 3.8) is 0 Å². The molecule has 0 aromatic carbocycles. The van der Waals surface area contributed by atoms with Crippen LogP contribution in [0.25, 0.3) is 0 Å². The van der Waals surface area contributed by atoms with Crippen molar-refractivity contribution >= 4 is 13.3 Å². The predicted molar refractivity (Wildman–Crippen MR) is 21.7 cm³/mol. The fourth-order valence-corrected chi connectivity index (χ4v) is 0. The summed E-state index contributed by atoms with van der Waals surface area (Å²) in [6.07, 6.45) is 0. The van der Waals surface area contributed by atoms with E-state index < -0.39 is 0 Å². The van der Waals surface area contributed by atoms with E-state index in [9.17, 15) is 0 Å². The number of aliphatic hydroxyl groups excluding tert-OH is 1. The molecule has 38 valence electrons. The standard InChI is InChI=1S/CHN.CHO2.CHO/c1-2;2-1-3;1-2/h1H;(H,2,3);1H. The Morgan fingerprint density at radius 1 is 1.43 bits per heavy atom. The first-order valence-corrected chi connectivity index (χ1v) is 0.922. The zero-order chi connectivity index (χ0) is 6.71. The number of rotatable bonds is 0. The molecule has 0 unspecified atom stereocenters. The number of hydrogen-bond donors (Lipinski definition) is 1. The van der Waals surface area contributed by atoms with E-state index in [4.69, 9.17) is 20.0 Å². The summed E-state index contributed by atoms with van der Waals surface area (Å²) in [7, 11) is 0. The fraction of sp³-hybridized carbons (Fsp3) is 0. The van der Waals surface area contributed by atoms with Gasteiger partial charge in [-0.1, -0.05) is 0 Å². The van der Waals surface area contributed by atoms with Crippen molar-refractivity contribution in [2.75, 3.05) is 0 Å². The molecule has 0 aliphatic carbocycles. The molecule has 0 fully saturated rings. The lowest BCUT2D eigenvalue weighted by Crippen LogP contribution is -1.48. The van der Waals surface area contributed by atoms with Crippen LogP contribution in [-0.2, 0) is 9.59 Å². The van der Waals surface area contributed by atoms with Crippen LogP contribution in [0.2, 0.25) is 0 Å². The molecule has 0 aromatic rings. The van der Waals surface area contributed by atoms with Gasteiger partial charge < -0.3 is 5.11 Å². The van der Waals surface area contributed by atoms with Crippen LogP contribution < -0.4 is 0 Å². The molecule has 0 aliphatic heterocycles. The quantitative estimate of drug-likeness (QED) is 0.416. The van der Waals surface area contributed by atoms with Crippen molar-refractivity contribution in [3.05, 3.63) is 0 Å². The fourth-order valence-electron chi connectivity index (χ4n) is 0. The maximum atomic E-state index is 8.24. The molecule has 0 amide bonds. The van der Waals surface area contributed by atoms with Gasteiger partial charge in [0.1, 0.15) is 0 Å². The van der Waals surface area contributed by atoms with Crippen molar-refractivity contribution < 1.29 is 14.7 Å². The molecular formula is C3H3NO3. The summed E-state index contributed by atoms with van der Waals surface area (Å²) >= 11 is 0. The smallest absolute Gasteiger partial charge is 0.414 e. The first-order valence-electron chi connectivity index (χ1n) is 0.922. The largest absolute Gasteiger partial charge is 0.473 e. The molecule has 0 aliphatic rings. The molecule has 4 heteroatoms. The Morgan fingerprint density at radius 3 is 1.43 bits per heavy atom. The first kappa shape index (κ1) is 17.4. The van der Waals surface area contributed by atoms with Gasteiger partial charge >= 0.3 is 6.47 Å². The lowest BCUT2D eigenvalue weighted by Gasteiger charge is -1.29. The molecule has 2 radical (unpaired) electrons. The van der Waals surface area contributed by atoms with E-state index in [1.165, 1.54) is 0 Å². The van der Waals surface area contributed by atoms with E-state index in [1.807, 2.05) is 0 Å². The zero-order valence-corrected chi connectivity index (χ0v) is 3.37. The molecule has 0 bridgehead atoms. The molecule has 0 aromatic heterocycles. The van der Waals surface area contributed by atoms with Crippen LogP contribution in [0, 0.1) is 11.8 Å². The van der Waals surface area contributed by atoms with Gasteiger partial charge in [-0.15, -0.1) is 0 Å². The van der Waals surface area contributed by atoms with Crippen LogP contribution in [0.5, 0.6) is 0 Å². The minimum atomic E-state index is 0.500. The third-order valence-corrected chi connectivity index (χ3v) is 0. The summed E-state index contributed by atoms with van der Waals surface area (Å²) in [5.41, 5.74) is 0. The minimum absolute atomic E-state index is 0.500. The van der Waals surface area contributed by atoms with Gasteiger partial charge in [0.2, 0.25) is 0 Å². The Kier molecular flexibility index (Phi) is 1110. The second-order valence-corrected chi connectivity index (χ2v) is 0.0913. The van der Waals surface area contributed by atoms with Crippen LogP contribution in [0.4, 0.5) is 0 Å². The van der Waals surface area contributed by atoms with E-state index in [1.54, 1.807) is 0 Å². The summed E-state index contributed by atoms with van der Waals surface area (Å²) in [5.74, 6) is 0. The van der Waals surface area contributed by atoms with Crippen molar-refractivity contribution in [2.24, 2.45) is 0 Å². The van der Waals surface area contributed by atoms with Gasteiger partial charge in [0, 0.05) is 6.57 Å². The normalized spacial score (nSPS) is 2.57. The van der Waals surface area contributed by atoms with Crippen molar-refractivity contribution in [3.8, 4) is 6.57 Å². The van der Waals surface area contributed by atoms with Crippen molar-refractivity contribution in [2.45, 2.75) is 0 Å². The summed E-state index contributed by atoms with van der Waals surface area (Å²) in [5, 5.41) is 13.3. The van der Waals surface area contributed by atoms with E-state index in [2.05, 4.69) is 13.4 Å². The molecule has 0 saturated heterocycles. The average Bonchev–Trinajstić information content (AvgIpc) is 1.78. The van der Waals surface area contributed by atoms with Gasteiger partial charge in [-0.2, -0.15) is 0 Å². The molecule has 0 heterocycles. The van der Waals surface area contributed by atoms with E-state index >= 15 is 0 Å². The monoisotopic (exact) mass is 101 g/mol. The minimum Gasteiger partial charge on any atom is -0.473 e. The summed E-state index contributed by atoms with van der Waals surface area (Å²) in [6, 6.07) is 0. The molecule has 0 saturated carbocycles. The first-order chi connectivity index (χ1) is 3.41. The highest BCUT2D eigenvalue weighted by Gasteiger charge is 1.30. The summed E-state index contributed by atoms with van der Waals surface area (Å²) in [6.45, 7) is 7.25. The number of nitrogens with zero attached hydrogens (tertiary/aromatic N) is 1. The maximum Gasteiger partial charge on any atom is 0.414 e. The van der Waals surface area contributed by atoms with Gasteiger partial charge in [-0.3, -0.25) is 4.79 Å². The van der Waals surface area contributed by atoms with Gasteiger partial charge in [0.15, 0.2) is 6.79 Å². The Bertz CT molecular complexity index is 42.7. The number of nitriles is 1. The summed E-state index contributed by atoms with van der Waals surface area (Å²) in [4.78, 5) is 16.0. The van der Waals surface area contributed by atoms with Gasteiger partial charge in [-0.25, -0.2) is 10.1 Å². The topological polar surface area (TPSA) is 78.2 Å². The second kappa shape index (κ2) is 446. The Morgan fingerprint density at radius 2 is 1.43 bits per heavy atom. The van der Waals surface area contributed by atoms with Gasteiger partial charge in [0.25, 0.3) is 0 Å². The van der Waals surface area contributed by atoms with E-state index in [0.29, 0.717) is 6.47 Å². The van der Waals surface area contributed by atoms with E-state index in [-0.39, 0.29) is 0 Å². The third-order valence-electron chi connectivity index (χ3n) is 0. The van der Waals surface area contributed by atoms with Crippen LogP contribution in [0.1, 0.15) is 0 Å². The predicted octanol–water partition coefficient (Wildman–Crippen LogP) is -0.523. The molecule has 0 rings (SSSR count). The molecule has 0 spiro atoms. The van der Waals surface area contributed by atoms with Crippen LogP contribution in [-0.4, -0.2) is 18.4 Å². The Balaban J connectivity index is -0.0000000360. The highest BCUT2D eigenvalue weighted by atomic mass is 16.3. The average molecular weight is 101 g/mol. The number of hydrogen-bond acceptors (Lipinski definition) is 3.